The number of unbranched alkanes of at least 4 members (excludes halogenated alkanes) is 2. The van der Waals surface area contributed by atoms with Gasteiger partial charge in [0.2, 0.25) is 5.91 Å². The average molecular weight is 419 g/mol. The average Bonchev–Trinajstić information content (AvgIpc) is 3.07. The molecule has 5 nitrogen and oxygen atoms in total. The van der Waals surface area contributed by atoms with Crippen LogP contribution in [-0.4, -0.2) is 21.6 Å². The zero-order chi connectivity index (χ0) is 22.0. The van der Waals surface area contributed by atoms with Crippen molar-refractivity contribution in [2.24, 2.45) is 11.7 Å². The molecule has 4 rings (SSSR count). The van der Waals surface area contributed by atoms with Gasteiger partial charge in [0.25, 0.3) is 0 Å². The zero-order valence-corrected chi connectivity index (χ0v) is 18.1. The Morgan fingerprint density at radius 1 is 1.16 bits per heavy atom. The van der Waals surface area contributed by atoms with Gasteiger partial charge >= 0.3 is 5.97 Å². The minimum atomic E-state index is -0.910. The lowest BCUT2D eigenvalue weighted by molar-refractivity contribution is 0.0698. The van der Waals surface area contributed by atoms with E-state index in [2.05, 4.69) is 17.6 Å². The lowest BCUT2D eigenvalue weighted by Gasteiger charge is -2.24. The van der Waals surface area contributed by atoms with Gasteiger partial charge in [-0.1, -0.05) is 56.9 Å². The number of primary amides is 1. The smallest absolute Gasteiger partial charge is 0.337 e. The molecule has 1 aliphatic rings. The molecule has 1 aromatic heterocycles. The molecule has 1 heterocycles. The van der Waals surface area contributed by atoms with Crippen LogP contribution in [0.4, 0.5) is 0 Å². The maximum atomic E-state index is 12.0. The first-order valence-electron chi connectivity index (χ1n) is 11.2. The number of benzene rings is 2. The number of para-hydroxylation sites is 1. The number of aromatic nitrogens is 1. The van der Waals surface area contributed by atoms with Crippen LogP contribution in [0.3, 0.4) is 0 Å². The Bertz CT molecular complexity index is 1130. The number of nitrogens with two attached hydrogens (primary N) is 1. The summed E-state index contributed by atoms with van der Waals surface area (Å²) in [5.41, 5.74) is 10.5. The van der Waals surface area contributed by atoms with E-state index in [0.717, 1.165) is 35.7 Å². The molecule has 3 aromatic rings. The molecule has 2 aromatic carbocycles. The summed E-state index contributed by atoms with van der Waals surface area (Å²) in [6, 6.07) is 12.9. The highest BCUT2D eigenvalue weighted by molar-refractivity contribution is 6.04. The summed E-state index contributed by atoms with van der Waals surface area (Å²) < 4.78 is 2.16. The normalized spacial score (nSPS) is 15.7. The van der Waals surface area contributed by atoms with Crippen LogP contribution in [0.15, 0.2) is 42.5 Å². The molecule has 0 spiro atoms. The lowest BCUT2D eigenvalue weighted by atomic mass is 9.83. The Balaban J connectivity index is 1.79. The Labute approximate surface area is 182 Å². The highest BCUT2D eigenvalue weighted by Crippen LogP contribution is 2.38. The van der Waals surface area contributed by atoms with Crippen molar-refractivity contribution in [3.05, 3.63) is 70.4 Å². The molecule has 1 aliphatic carbocycles. The van der Waals surface area contributed by atoms with Crippen LogP contribution in [-0.2, 0) is 19.4 Å². The number of amides is 1. The number of hydrogen-bond donors (Lipinski definition) is 2. The van der Waals surface area contributed by atoms with E-state index in [9.17, 15) is 14.7 Å². The third-order valence-electron chi connectivity index (χ3n) is 6.59. The molecule has 0 radical (unpaired) electrons. The monoisotopic (exact) mass is 418 g/mol. The summed E-state index contributed by atoms with van der Waals surface area (Å²) in [5.74, 6) is -0.709. The van der Waals surface area contributed by atoms with Crippen molar-refractivity contribution >= 4 is 22.8 Å². The van der Waals surface area contributed by atoms with Crippen molar-refractivity contribution in [2.45, 2.75) is 58.4 Å². The molecule has 0 saturated heterocycles. The summed E-state index contributed by atoms with van der Waals surface area (Å²) in [6.45, 7) is 2.75. The molecular formula is C26H30N2O3. The largest absolute Gasteiger partial charge is 0.478 e. The Morgan fingerprint density at radius 3 is 2.71 bits per heavy atom. The van der Waals surface area contributed by atoms with Gasteiger partial charge in [-0.2, -0.15) is 0 Å². The number of aromatic carboxylic acids is 1. The molecule has 0 bridgehead atoms. The molecule has 31 heavy (non-hydrogen) atoms. The highest BCUT2D eigenvalue weighted by atomic mass is 16.4. The van der Waals surface area contributed by atoms with E-state index < -0.39 is 11.9 Å². The Hall–Kier alpha value is -3.08. The first-order chi connectivity index (χ1) is 15.0. The van der Waals surface area contributed by atoms with E-state index in [-0.39, 0.29) is 0 Å². The van der Waals surface area contributed by atoms with Gasteiger partial charge < -0.3 is 15.4 Å². The molecule has 0 aliphatic heterocycles. The molecule has 1 atom stereocenters. The van der Waals surface area contributed by atoms with Crippen molar-refractivity contribution < 1.29 is 14.7 Å². The van der Waals surface area contributed by atoms with Crippen molar-refractivity contribution in [1.29, 1.82) is 0 Å². The van der Waals surface area contributed by atoms with Gasteiger partial charge in [0.05, 0.1) is 11.1 Å². The second-order valence-electron chi connectivity index (χ2n) is 8.69. The van der Waals surface area contributed by atoms with Gasteiger partial charge in [0.15, 0.2) is 0 Å². The summed E-state index contributed by atoms with van der Waals surface area (Å²) in [6.07, 6.45) is 8.09. The Kier molecular flexibility index (Phi) is 6.12. The molecule has 5 heteroatoms. The van der Waals surface area contributed by atoms with E-state index in [1.165, 1.54) is 36.9 Å². The van der Waals surface area contributed by atoms with Crippen molar-refractivity contribution in [3.8, 4) is 0 Å². The number of nitrogens with zero attached hydrogens (tertiary/aromatic N) is 1. The topological polar surface area (TPSA) is 85.3 Å². The van der Waals surface area contributed by atoms with Crippen LogP contribution in [0.2, 0.25) is 0 Å². The maximum Gasteiger partial charge on any atom is 0.337 e. The zero-order valence-electron chi connectivity index (χ0n) is 18.1. The van der Waals surface area contributed by atoms with Gasteiger partial charge in [-0.15, -0.1) is 0 Å². The molecule has 162 valence electrons. The van der Waals surface area contributed by atoms with E-state index in [1.807, 2.05) is 18.2 Å². The van der Waals surface area contributed by atoms with E-state index >= 15 is 0 Å². The third kappa shape index (κ3) is 4.22. The molecular weight excluding hydrogens is 388 g/mol. The van der Waals surface area contributed by atoms with E-state index in [1.54, 1.807) is 18.2 Å². The van der Waals surface area contributed by atoms with Gasteiger partial charge in [-0.05, 0) is 54.5 Å². The first-order valence-corrected chi connectivity index (χ1v) is 11.2. The number of carbonyl (C=O) groups is 2. The number of carboxylic acid groups (broad SMARTS) is 1. The third-order valence-corrected chi connectivity index (χ3v) is 6.59. The van der Waals surface area contributed by atoms with Crippen molar-refractivity contribution in [1.82, 2.24) is 4.57 Å². The second kappa shape index (κ2) is 8.96. The maximum absolute atomic E-state index is 12.0. The van der Waals surface area contributed by atoms with Crippen LogP contribution < -0.4 is 5.73 Å². The molecule has 3 N–H and O–H groups in total. The van der Waals surface area contributed by atoms with Gasteiger partial charge in [-0.3, -0.25) is 4.79 Å². The highest BCUT2D eigenvalue weighted by Gasteiger charge is 2.27. The van der Waals surface area contributed by atoms with Crippen molar-refractivity contribution in [3.63, 3.8) is 0 Å². The van der Waals surface area contributed by atoms with Crippen molar-refractivity contribution in [2.75, 3.05) is 0 Å². The molecule has 1 amide bonds. The number of fused-ring (bicyclic) bond motifs is 3. The number of carboxylic acids is 1. The molecule has 0 fully saturated rings. The standard InChI is InChI=1S/C26H30N2O3/c1-2-3-4-7-17-12-13-23-22(15-17)20-10-6-11-21(26(30)31)24(20)28(23)16-18-8-5-9-19(14-18)25(27)29/h5-6,8-11,14,17H,2-4,7,12-13,15-16H2,1H3,(H2,27,29)(H,30,31). The Morgan fingerprint density at radius 2 is 1.97 bits per heavy atom. The van der Waals surface area contributed by atoms with Gasteiger partial charge in [-0.25, -0.2) is 4.79 Å². The fourth-order valence-corrected chi connectivity index (χ4v) is 5.06. The number of carbonyl (C=O) groups excluding carboxylic acids is 1. The number of rotatable bonds is 8. The summed E-state index contributed by atoms with van der Waals surface area (Å²) in [4.78, 5) is 23.7. The van der Waals surface area contributed by atoms with E-state index in [0.29, 0.717) is 23.6 Å². The van der Waals surface area contributed by atoms with Crippen LogP contribution in [0.1, 0.15) is 76.6 Å². The van der Waals surface area contributed by atoms with Crippen LogP contribution in [0.25, 0.3) is 10.9 Å². The second-order valence-corrected chi connectivity index (χ2v) is 8.69. The summed E-state index contributed by atoms with van der Waals surface area (Å²) in [5, 5.41) is 10.9. The minimum absolute atomic E-state index is 0.334. The van der Waals surface area contributed by atoms with E-state index in [4.69, 9.17) is 5.73 Å². The molecule has 1 unspecified atom stereocenters. The van der Waals surface area contributed by atoms with Crippen LogP contribution in [0.5, 0.6) is 0 Å². The van der Waals surface area contributed by atoms with Gasteiger partial charge in [0, 0.05) is 23.2 Å². The number of hydrogen-bond acceptors (Lipinski definition) is 2. The first kappa shape index (κ1) is 21.2. The quantitative estimate of drug-likeness (QED) is 0.495. The van der Waals surface area contributed by atoms with Crippen LogP contribution in [0, 0.1) is 5.92 Å². The van der Waals surface area contributed by atoms with Gasteiger partial charge in [0.1, 0.15) is 0 Å². The lowest BCUT2D eigenvalue weighted by Crippen LogP contribution is -2.17. The predicted octanol–water partition coefficient (Wildman–Crippen LogP) is 5.17. The predicted molar refractivity (Wildman–Crippen MR) is 123 cm³/mol. The summed E-state index contributed by atoms with van der Waals surface area (Å²) >= 11 is 0. The minimum Gasteiger partial charge on any atom is -0.478 e. The fraction of sp³-hybridized carbons (Fsp3) is 0.385. The SMILES string of the molecule is CCCCCC1CCc2c(c3cccc(C(=O)O)c3n2Cc2cccc(C(N)=O)c2)C1. The fourth-order valence-electron chi connectivity index (χ4n) is 5.06. The summed E-state index contributed by atoms with van der Waals surface area (Å²) in [7, 11) is 0. The molecule has 0 saturated carbocycles. The van der Waals surface area contributed by atoms with Crippen LogP contribution >= 0.6 is 0 Å².